The van der Waals surface area contributed by atoms with E-state index in [1.165, 1.54) is 6.42 Å². The van der Waals surface area contributed by atoms with Gasteiger partial charge in [-0.2, -0.15) is 11.8 Å². The third-order valence-corrected chi connectivity index (χ3v) is 3.79. The Balaban J connectivity index is 2.11. The molecule has 3 heteroatoms. The van der Waals surface area contributed by atoms with Gasteiger partial charge in [0.05, 0.1) is 0 Å². The van der Waals surface area contributed by atoms with Crippen molar-refractivity contribution < 1.29 is 4.39 Å². The number of halogens is 1. The van der Waals surface area contributed by atoms with Crippen LogP contribution in [0.5, 0.6) is 0 Å². The summed E-state index contributed by atoms with van der Waals surface area (Å²) in [6.07, 6.45) is 4.60. The predicted octanol–water partition coefficient (Wildman–Crippen LogP) is 2.35. The zero-order valence-corrected chi connectivity index (χ0v) is 8.28. The summed E-state index contributed by atoms with van der Waals surface area (Å²) in [6.45, 7) is 0.733. The van der Waals surface area contributed by atoms with E-state index >= 15 is 0 Å². The molecule has 0 aliphatic heterocycles. The van der Waals surface area contributed by atoms with Crippen LogP contribution in [0.1, 0.15) is 32.1 Å². The first kappa shape index (κ1) is 10.3. The minimum atomic E-state index is -0.554. The van der Waals surface area contributed by atoms with E-state index in [1.54, 1.807) is 11.8 Å². The smallest absolute Gasteiger partial charge is 0.112 e. The first-order valence-electron chi connectivity index (χ1n) is 4.80. The summed E-state index contributed by atoms with van der Waals surface area (Å²) >= 11 is 1.78. The van der Waals surface area contributed by atoms with Gasteiger partial charge in [-0.3, -0.25) is 0 Å². The molecule has 1 fully saturated rings. The largest absolute Gasteiger partial charge is 0.330 e. The minimum Gasteiger partial charge on any atom is -0.330 e. The highest BCUT2D eigenvalue weighted by molar-refractivity contribution is 7.99. The molecule has 2 N–H and O–H groups in total. The van der Waals surface area contributed by atoms with Gasteiger partial charge in [0.25, 0.3) is 0 Å². The topological polar surface area (TPSA) is 26.0 Å². The van der Waals surface area contributed by atoms with Crippen LogP contribution in [0.3, 0.4) is 0 Å². The lowest BCUT2D eigenvalue weighted by atomic mass is 9.98. The van der Waals surface area contributed by atoms with E-state index in [1.807, 2.05) is 0 Å². The van der Waals surface area contributed by atoms with Crippen molar-refractivity contribution >= 4 is 11.8 Å². The number of alkyl halides is 1. The van der Waals surface area contributed by atoms with Gasteiger partial charge in [0.1, 0.15) is 6.17 Å². The fourth-order valence-electron chi connectivity index (χ4n) is 1.56. The van der Waals surface area contributed by atoms with Crippen molar-refractivity contribution in [2.24, 2.45) is 5.73 Å². The third-order valence-electron chi connectivity index (χ3n) is 2.30. The molecule has 2 unspecified atom stereocenters. The molecule has 0 aromatic carbocycles. The minimum absolute atomic E-state index is 0.269. The van der Waals surface area contributed by atoms with Crippen molar-refractivity contribution in [2.75, 3.05) is 12.3 Å². The molecule has 0 aromatic heterocycles. The summed E-state index contributed by atoms with van der Waals surface area (Å²) in [5, 5.41) is 0.269. The molecule has 1 nitrogen and oxygen atoms in total. The van der Waals surface area contributed by atoms with Gasteiger partial charge < -0.3 is 5.73 Å². The van der Waals surface area contributed by atoms with E-state index in [-0.39, 0.29) is 5.25 Å². The molecule has 0 saturated heterocycles. The van der Waals surface area contributed by atoms with Crippen LogP contribution in [0.25, 0.3) is 0 Å². The van der Waals surface area contributed by atoms with E-state index in [4.69, 9.17) is 5.73 Å². The van der Waals surface area contributed by atoms with Crippen LogP contribution < -0.4 is 5.73 Å². The molecule has 12 heavy (non-hydrogen) atoms. The molecular weight excluding hydrogens is 173 g/mol. The zero-order chi connectivity index (χ0) is 8.81. The van der Waals surface area contributed by atoms with Crippen molar-refractivity contribution in [3.63, 3.8) is 0 Å². The van der Waals surface area contributed by atoms with Crippen LogP contribution >= 0.6 is 11.8 Å². The lowest BCUT2D eigenvalue weighted by Gasteiger charge is -2.25. The lowest BCUT2D eigenvalue weighted by molar-refractivity contribution is 0.260. The normalized spacial score (nSPS) is 30.5. The second-order valence-corrected chi connectivity index (χ2v) is 4.70. The molecular formula is C9H18FNS. The summed E-state index contributed by atoms with van der Waals surface area (Å²) in [5.74, 6) is 1.03. The molecule has 0 spiro atoms. The van der Waals surface area contributed by atoms with Crippen LogP contribution in [-0.2, 0) is 0 Å². The quantitative estimate of drug-likeness (QED) is 0.690. The summed E-state index contributed by atoms with van der Waals surface area (Å²) in [6, 6.07) is 0. The average molecular weight is 191 g/mol. The van der Waals surface area contributed by atoms with Gasteiger partial charge in [-0.1, -0.05) is 12.8 Å². The van der Waals surface area contributed by atoms with Gasteiger partial charge in [0, 0.05) is 5.25 Å². The molecule has 0 aromatic rings. The number of thioether (sulfide) groups is 1. The van der Waals surface area contributed by atoms with Crippen molar-refractivity contribution in [3.8, 4) is 0 Å². The Kier molecular flexibility index (Phi) is 5.00. The Morgan fingerprint density at radius 3 is 2.75 bits per heavy atom. The van der Waals surface area contributed by atoms with Crippen LogP contribution in [0.15, 0.2) is 0 Å². The highest BCUT2D eigenvalue weighted by Gasteiger charge is 2.24. The van der Waals surface area contributed by atoms with Gasteiger partial charge in [0.2, 0.25) is 0 Å². The van der Waals surface area contributed by atoms with Gasteiger partial charge in [-0.05, 0) is 31.6 Å². The van der Waals surface area contributed by atoms with Gasteiger partial charge in [-0.15, -0.1) is 0 Å². The number of nitrogens with two attached hydrogens (primary N) is 1. The molecule has 0 heterocycles. The van der Waals surface area contributed by atoms with Crippen LogP contribution in [0, 0.1) is 0 Å². The molecule has 0 bridgehead atoms. The molecule has 0 radical (unpaired) electrons. The summed E-state index contributed by atoms with van der Waals surface area (Å²) < 4.78 is 13.2. The van der Waals surface area contributed by atoms with Crippen LogP contribution in [0.4, 0.5) is 4.39 Å². The molecule has 1 aliphatic carbocycles. The molecule has 1 saturated carbocycles. The SMILES string of the molecule is NCCCSC1CCCCC1F. The van der Waals surface area contributed by atoms with Crippen molar-refractivity contribution in [1.29, 1.82) is 0 Å². The zero-order valence-electron chi connectivity index (χ0n) is 7.47. The maximum Gasteiger partial charge on any atom is 0.112 e. The first-order valence-corrected chi connectivity index (χ1v) is 5.85. The van der Waals surface area contributed by atoms with Crippen LogP contribution in [-0.4, -0.2) is 23.7 Å². The van der Waals surface area contributed by atoms with Crippen LogP contribution in [0.2, 0.25) is 0 Å². The number of rotatable bonds is 4. The van der Waals surface area contributed by atoms with Gasteiger partial charge in [0.15, 0.2) is 0 Å². The number of hydrogen-bond donors (Lipinski definition) is 1. The molecule has 1 aliphatic rings. The van der Waals surface area contributed by atoms with E-state index in [0.29, 0.717) is 0 Å². The maximum absolute atomic E-state index is 13.2. The Morgan fingerprint density at radius 2 is 2.08 bits per heavy atom. The summed E-state index contributed by atoms with van der Waals surface area (Å²) in [7, 11) is 0. The van der Waals surface area contributed by atoms with Gasteiger partial charge >= 0.3 is 0 Å². The van der Waals surface area contributed by atoms with E-state index in [0.717, 1.165) is 38.0 Å². The van der Waals surface area contributed by atoms with Crippen molar-refractivity contribution in [3.05, 3.63) is 0 Å². The monoisotopic (exact) mass is 191 g/mol. The second-order valence-electron chi connectivity index (χ2n) is 3.35. The Labute approximate surface area is 78.3 Å². The maximum atomic E-state index is 13.2. The number of hydrogen-bond acceptors (Lipinski definition) is 2. The van der Waals surface area contributed by atoms with E-state index in [9.17, 15) is 4.39 Å². The Bertz CT molecular complexity index is 121. The highest BCUT2D eigenvalue weighted by Crippen LogP contribution is 2.30. The summed E-state index contributed by atoms with van der Waals surface area (Å²) in [5.41, 5.74) is 5.37. The molecule has 72 valence electrons. The highest BCUT2D eigenvalue weighted by atomic mass is 32.2. The van der Waals surface area contributed by atoms with E-state index in [2.05, 4.69) is 0 Å². The fourth-order valence-corrected chi connectivity index (χ4v) is 2.87. The van der Waals surface area contributed by atoms with E-state index < -0.39 is 6.17 Å². The molecule has 0 amide bonds. The Morgan fingerprint density at radius 1 is 1.33 bits per heavy atom. The molecule has 1 rings (SSSR count). The fraction of sp³-hybridized carbons (Fsp3) is 1.00. The van der Waals surface area contributed by atoms with Crippen molar-refractivity contribution in [2.45, 2.75) is 43.5 Å². The molecule has 2 atom stereocenters. The summed E-state index contributed by atoms with van der Waals surface area (Å²) in [4.78, 5) is 0. The predicted molar refractivity (Wildman–Crippen MR) is 53.3 cm³/mol. The average Bonchev–Trinajstić information content (AvgIpc) is 2.09. The second kappa shape index (κ2) is 5.81. The lowest BCUT2D eigenvalue weighted by Crippen LogP contribution is -2.23. The standard InChI is InChI=1S/C9H18FNS/c10-8-4-1-2-5-9(8)12-7-3-6-11/h8-9H,1-7,11H2. The van der Waals surface area contributed by atoms with Crippen molar-refractivity contribution in [1.82, 2.24) is 0 Å². The third kappa shape index (κ3) is 3.31. The Hall–Kier alpha value is 0.240. The first-order chi connectivity index (χ1) is 5.84. The van der Waals surface area contributed by atoms with Gasteiger partial charge in [-0.25, -0.2) is 4.39 Å².